The van der Waals surface area contributed by atoms with Crippen molar-refractivity contribution >= 4 is 5.69 Å². The molecule has 1 aromatic rings. The number of benzene rings is 1. The Morgan fingerprint density at radius 2 is 1.35 bits per heavy atom. The van der Waals surface area contributed by atoms with Gasteiger partial charge in [0, 0.05) is 11.8 Å². The van der Waals surface area contributed by atoms with Crippen LogP contribution in [0, 0.1) is 0 Å². The van der Waals surface area contributed by atoms with Crippen LogP contribution in [-0.2, 0) is 0 Å². The first-order valence-corrected chi connectivity index (χ1v) is 5.30. The van der Waals surface area contributed by atoms with Crippen LogP contribution in [0.3, 0.4) is 0 Å². The molecule has 1 rings (SSSR count). The maximum Gasteiger partial charge on any atom is 0.159 e. The van der Waals surface area contributed by atoms with Crippen molar-refractivity contribution in [2.45, 2.75) is 39.1 Å². The van der Waals surface area contributed by atoms with E-state index in [1.165, 1.54) is 50.8 Å². The van der Waals surface area contributed by atoms with Crippen LogP contribution in [0.15, 0.2) is 18.2 Å². The third-order valence-electron chi connectivity index (χ3n) is 2.31. The molecule has 0 heterocycles. The van der Waals surface area contributed by atoms with Crippen LogP contribution < -0.4 is 4.90 Å². The number of nitrogens with zero attached hydrogens (tertiary/aromatic N) is 1. The van der Waals surface area contributed by atoms with E-state index in [0.717, 1.165) is 0 Å². The lowest BCUT2D eigenvalue weighted by Gasteiger charge is -2.44. The molecule has 0 saturated heterocycles. The van der Waals surface area contributed by atoms with E-state index in [1.807, 2.05) is 0 Å². The molecule has 0 saturated carbocycles. The van der Waals surface area contributed by atoms with Crippen molar-refractivity contribution in [3.63, 3.8) is 0 Å². The van der Waals surface area contributed by atoms with Gasteiger partial charge in [0.15, 0.2) is 11.5 Å². The van der Waals surface area contributed by atoms with Crippen LogP contribution >= 0.6 is 0 Å². The zero-order valence-electron chi connectivity index (χ0n) is 10.5. The van der Waals surface area contributed by atoms with Gasteiger partial charge in [0.05, 0.1) is 0 Å². The van der Waals surface area contributed by atoms with E-state index >= 15 is 0 Å². The Morgan fingerprint density at radius 3 is 1.71 bits per heavy atom. The number of anilines is 1. The molecule has 1 aromatic carbocycles. The maximum absolute atomic E-state index is 10.0. The number of rotatable bonds is 3. The largest absolute Gasteiger partial charge is 0.504 e. The molecule has 0 fully saturated rings. The van der Waals surface area contributed by atoms with Gasteiger partial charge < -0.3 is 25.3 Å². The van der Waals surface area contributed by atoms with Crippen molar-refractivity contribution in [2.75, 3.05) is 4.90 Å². The normalized spacial score (nSPS) is 12.6. The summed E-state index contributed by atoms with van der Waals surface area (Å²) in [7, 11) is 0. The monoisotopic (exact) mass is 241 g/mol. The van der Waals surface area contributed by atoms with Gasteiger partial charge >= 0.3 is 0 Å². The topological polar surface area (TPSA) is 84.2 Å². The Hall–Kier alpha value is -1.46. The van der Waals surface area contributed by atoms with Crippen LogP contribution in [0.1, 0.15) is 27.7 Å². The Bertz CT molecular complexity index is 390. The third kappa shape index (κ3) is 3.01. The second-order valence-corrected chi connectivity index (χ2v) is 5.00. The Labute approximate surface area is 101 Å². The van der Waals surface area contributed by atoms with Gasteiger partial charge in [-0.15, -0.1) is 0 Å². The number of phenols is 2. The average molecular weight is 241 g/mol. The Morgan fingerprint density at radius 1 is 0.882 bits per heavy atom. The molecule has 0 aromatic heterocycles. The van der Waals surface area contributed by atoms with Gasteiger partial charge in [-0.1, -0.05) is 0 Å². The minimum absolute atomic E-state index is 0.250. The van der Waals surface area contributed by atoms with Crippen LogP contribution in [0.4, 0.5) is 5.69 Å². The highest BCUT2D eigenvalue weighted by atomic mass is 16.3. The van der Waals surface area contributed by atoms with Gasteiger partial charge in [-0.25, -0.2) is 0 Å². The first-order valence-electron chi connectivity index (χ1n) is 5.30. The van der Waals surface area contributed by atoms with Crippen molar-refractivity contribution in [1.29, 1.82) is 0 Å². The molecule has 0 aliphatic carbocycles. The smallest absolute Gasteiger partial charge is 0.159 e. The third-order valence-corrected chi connectivity index (χ3v) is 2.31. The van der Waals surface area contributed by atoms with Crippen molar-refractivity contribution in [3.8, 4) is 11.5 Å². The molecule has 5 heteroatoms. The molecule has 4 N–H and O–H groups in total. The summed E-state index contributed by atoms with van der Waals surface area (Å²) in [4.78, 5) is 1.33. The fourth-order valence-corrected chi connectivity index (χ4v) is 1.95. The fourth-order valence-electron chi connectivity index (χ4n) is 1.95. The van der Waals surface area contributed by atoms with E-state index in [0.29, 0.717) is 5.69 Å². The first kappa shape index (κ1) is 13.6. The second kappa shape index (κ2) is 4.09. The highest BCUT2D eigenvalue weighted by molar-refractivity contribution is 5.57. The quantitative estimate of drug-likeness (QED) is 0.474. The molecule has 0 aliphatic rings. The lowest BCUT2D eigenvalue weighted by molar-refractivity contribution is -0.0201. The standard InChI is InChI=1S/C12H19NO4/c1-11(2,16)13(12(3,4)17)8-5-6-9(14)10(15)7-8/h5-7,14-17H,1-4H3. The molecule has 0 spiro atoms. The minimum Gasteiger partial charge on any atom is -0.504 e. The molecule has 0 unspecified atom stereocenters. The van der Waals surface area contributed by atoms with Crippen LogP contribution in [-0.4, -0.2) is 31.9 Å². The van der Waals surface area contributed by atoms with Crippen molar-refractivity contribution in [2.24, 2.45) is 0 Å². The highest BCUT2D eigenvalue weighted by Gasteiger charge is 2.35. The van der Waals surface area contributed by atoms with Crippen molar-refractivity contribution in [1.82, 2.24) is 0 Å². The van der Waals surface area contributed by atoms with Crippen molar-refractivity contribution in [3.05, 3.63) is 18.2 Å². The van der Waals surface area contributed by atoms with Gasteiger partial charge in [-0.3, -0.25) is 0 Å². The zero-order chi connectivity index (χ0) is 13.4. The predicted molar refractivity (Wildman–Crippen MR) is 64.8 cm³/mol. The number of hydrogen-bond acceptors (Lipinski definition) is 5. The van der Waals surface area contributed by atoms with Gasteiger partial charge in [0.1, 0.15) is 11.4 Å². The number of aromatic hydroxyl groups is 2. The molecule has 17 heavy (non-hydrogen) atoms. The molecule has 96 valence electrons. The molecule has 0 aliphatic heterocycles. The minimum atomic E-state index is -1.32. The summed E-state index contributed by atoms with van der Waals surface area (Å²) >= 11 is 0. The summed E-state index contributed by atoms with van der Waals surface area (Å²) in [6, 6.07) is 4.09. The summed E-state index contributed by atoms with van der Waals surface area (Å²) in [6.07, 6.45) is 0. The fraction of sp³-hybridized carbons (Fsp3) is 0.500. The van der Waals surface area contributed by atoms with Gasteiger partial charge in [0.25, 0.3) is 0 Å². The Balaban J connectivity index is 3.29. The predicted octanol–water partition coefficient (Wildman–Crippen LogP) is 1.36. The summed E-state index contributed by atoms with van der Waals surface area (Å²) in [5.41, 5.74) is -2.23. The van der Waals surface area contributed by atoms with Gasteiger partial charge in [-0.2, -0.15) is 0 Å². The second-order valence-electron chi connectivity index (χ2n) is 5.00. The molecular weight excluding hydrogens is 222 g/mol. The van der Waals surface area contributed by atoms with Gasteiger partial charge in [-0.05, 0) is 39.8 Å². The molecule has 5 nitrogen and oxygen atoms in total. The lowest BCUT2D eigenvalue weighted by Crippen LogP contribution is -2.56. The summed E-state index contributed by atoms with van der Waals surface area (Å²) < 4.78 is 0. The summed E-state index contributed by atoms with van der Waals surface area (Å²) in [5.74, 6) is -0.554. The molecular formula is C12H19NO4. The molecule has 0 amide bonds. The number of aliphatic hydroxyl groups is 2. The van der Waals surface area contributed by atoms with E-state index in [-0.39, 0.29) is 11.5 Å². The van der Waals surface area contributed by atoms with E-state index in [4.69, 9.17) is 0 Å². The SMILES string of the molecule is CC(C)(O)N(c1ccc(O)c(O)c1)C(C)(C)O. The highest BCUT2D eigenvalue weighted by Crippen LogP contribution is 2.35. The average Bonchev–Trinajstić information content (AvgIpc) is 2.06. The summed E-state index contributed by atoms with van der Waals surface area (Å²) in [6.45, 7) is 6.09. The van der Waals surface area contributed by atoms with Gasteiger partial charge in [0.2, 0.25) is 0 Å². The van der Waals surface area contributed by atoms with E-state index < -0.39 is 11.4 Å². The molecule has 0 bridgehead atoms. The first-order chi connectivity index (χ1) is 7.53. The van der Waals surface area contributed by atoms with E-state index in [2.05, 4.69) is 0 Å². The van der Waals surface area contributed by atoms with Crippen LogP contribution in [0.2, 0.25) is 0 Å². The van der Waals surface area contributed by atoms with Crippen molar-refractivity contribution < 1.29 is 20.4 Å². The zero-order valence-corrected chi connectivity index (χ0v) is 10.5. The summed E-state index contributed by atoms with van der Waals surface area (Å²) in [5, 5.41) is 38.8. The number of phenolic OH excluding ortho intramolecular Hbond substituents is 2. The molecule has 0 radical (unpaired) electrons. The van der Waals surface area contributed by atoms with Crippen LogP contribution in [0.25, 0.3) is 0 Å². The van der Waals surface area contributed by atoms with Crippen LogP contribution in [0.5, 0.6) is 11.5 Å². The maximum atomic E-state index is 10.0. The van der Waals surface area contributed by atoms with E-state index in [1.54, 1.807) is 0 Å². The number of hydrogen-bond donors (Lipinski definition) is 4. The van der Waals surface area contributed by atoms with E-state index in [9.17, 15) is 20.4 Å². The molecule has 0 atom stereocenters. The lowest BCUT2D eigenvalue weighted by atomic mass is 10.1. The Kier molecular flexibility index (Phi) is 3.27.